The topological polar surface area (TPSA) is 21.3 Å². The van der Waals surface area contributed by atoms with Gasteiger partial charge in [0.1, 0.15) is 5.75 Å². The van der Waals surface area contributed by atoms with Gasteiger partial charge in [-0.1, -0.05) is 18.5 Å². The summed E-state index contributed by atoms with van der Waals surface area (Å²) in [7, 11) is 1.74. The molecule has 2 aliphatic carbocycles. The number of hydrogen-bond donors (Lipinski definition) is 1. The molecule has 1 N–H and O–H groups in total. The van der Waals surface area contributed by atoms with Crippen molar-refractivity contribution in [1.82, 2.24) is 5.32 Å². The van der Waals surface area contributed by atoms with Crippen LogP contribution in [0, 0.1) is 5.92 Å². The largest absolute Gasteiger partial charge is 0.496 e. The molecular formula is C15H20ClNO. The molecule has 1 aromatic carbocycles. The number of nitrogens with one attached hydrogen (secondary N) is 1. The summed E-state index contributed by atoms with van der Waals surface area (Å²) in [6, 6.07) is 6.72. The number of halogens is 1. The van der Waals surface area contributed by atoms with Crippen molar-refractivity contribution >= 4 is 11.6 Å². The van der Waals surface area contributed by atoms with Crippen LogP contribution in [0.1, 0.15) is 31.7 Å². The minimum Gasteiger partial charge on any atom is -0.496 e. The van der Waals surface area contributed by atoms with Gasteiger partial charge in [-0.05, 0) is 43.4 Å². The number of hydrogen-bond acceptors (Lipinski definition) is 2. The molecule has 1 aromatic rings. The smallest absolute Gasteiger partial charge is 0.122 e. The van der Waals surface area contributed by atoms with E-state index in [-0.39, 0.29) is 5.41 Å². The molecule has 0 spiro atoms. The molecule has 2 atom stereocenters. The summed E-state index contributed by atoms with van der Waals surface area (Å²) in [5, 5.41) is 4.46. The Bertz CT molecular complexity index is 458. The standard InChI is InChI=1S/C15H20ClNO/c1-10-8-15(10,9-17-12-4-5-12)13-7-11(16)3-6-14(13)18-2/h3,6-7,10,12,17H,4-5,8-9H2,1-2H3. The molecule has 0 aliphatic heterocycles. The maximum atomic E-state index is 6.15. The normalized spacial score (nSPS) is 30.3. The average molecular weight is 266 g/mol. The van der Waals surface area contributed by atoms with Crippen LogP contribution < -0.4 is 10.1 Å². The van der Waals surface area contributed by atoms with Crippen molar-refractivity contribution in [3.8, 4) is 5.75 Å². The van der Waals surface area contributed by atoms with Crippen LogP contribution in [-0.4, -0.2) is 19.7 Å². The fourth-order valence-electron chi connectivity index (χ4n) is 2.89. The second-order valence-corrected chi connectivity index (χ2v) is 6.20. The van der Waals surface area contributed by atoms with E-state index in [9.17, 15) is 0 Å². The van der Waals surface area contributed by atoms with Gasteiger partial charge in [0.15, 0.2) is 0 Å². The highest BCUT2D eigenvalue weighted by atomic mass is 35.5. The Kier molecular flexibility index (Phi) is 3.03. The fourth-order valence-corrected chi connectivity index (χ4v) is 3.06. The van der Waals surface area contributed by atoms with Crippen LogP contribution in [0.15, 0.2) is 18.2 Å². The molecule has 2 nitrogen and oxygen atoms in total. The molecule has 0 aromatic heterocycles. The summed E-state index contributed by atoms with van der Waals surface area (Å²) in [6.45, 7) is 3.37. The summed E-state index contributed by atoms with van der Waals surface area (Å²) in [5.74, 6) is 1.68. The molecule has 3 rings (SSSR count). The molecule has 0 saturated heterocycles. The zero-order chi connectivity index (χ0) is 12.8. The Morgan fingerprint density at radius 1 is 1.44 bits per heavy atom. The van der Waals surface area contributed by atoms with E-state index < -0.39 is 0 Å². The van der Waals surface area contributed by atoms with Crippen molar-refractivity contribution in [2.75, 3.05) is 13.7 Å². The maximum Gasteiger partial charge on any atom is 0.122 e. The monoisotopic (exact) mass is 265 g/mol. The lowest BCUT2D eigenvalue weighted by Gasteiger charge is -2.21. The minimum atomic E-state index is 0.235. The van der Waals surface area contributed by atoms with Gasteiger partial charge in [-0.25, -0.2) is 0 Å². The van der Waals surface area contributed by atoms with Crippen LogP contribution in [-0.2, 0) is 5.41 Å². The van der Waals surface area contributed by atoms with Crippen molar-refractivity contribution in [2.45, 2.75) is 37.6 Å². The lowest BCUT2D eigenvalue weighted by molar-refractivity contribution is 0.399. The molecular weight excluding hydrogens is 246 g/mol. The van der Waals surface area contributed by atoms with Crippen molar-refractivity contribution < 1.29 is 4.74 Å². The second kappa shape index (κ2) is 4.43. The summed E-state index contributed by atoms with van der Waals surface area (Å²) >= 11 is 6.15. The van der Waals surface area contributed by atoms with Crippen LogP contribution in [0.3, 0.4) is 0 Å². The SMILES string of the molecule is COc1ccc(Cl)cc1C1(CNC2CC2)CC1C. The van der Waals surface area contributed by atoms with Crippen LogP contribution in [0.4, 0.5) is 0 Å². The van der Waals surface area contributed by atoms with E-state index in [1.807, 2.05) is 12.1 Å². The lowest BCUT2D eigenvalue weighted by Crippen LogP contribution is -2.30. The Morgan fingerprint density at radius 2 is 2.17 bits per heavy atom. The van der Waals surface area contributed by atoms with Crippen molar-refractivity contribution in [3.05, 3.63) is 28.8 Å². The van der Waals surface area contributed by atoms with E-state index in [1.54, 1.807) is 7.11 Å². The lowest BCUT2D eigenvalue weighted by atomic mass is 9.92. The van der Waals surface area contributed by atoms with Gasteiger partial charge in [0.2, 0.25) is 0 Å². The van der Waals surface area contributed by atoms with Gasteiger partial charge in [0.25, 0.3) is 0 Å². The number of ether oxygens (including phenoxy) is 1. The summed E-state index contributed by atoms with van der Waals surface area (Å²) < 4.78 is 5.51. The molecule has 98 valence electrons. The third kappa shape index (κ3) is 2.12. The van der Waals surface area contributed by atoms with E-state index >= 15 is 0 Å². The maximum absolute atomic E-state index is 6.15. The number of rotatable bonds is 5. The molecule has 2 aliphatic rings. The van der Waals surface area contributed by atoms with Crippen LogP contribution >= 0.6 is 11.6 Å². The van der Waals surface area contributed by atoms with Gasteiger partial charge in [-0.2, -0.15) is 0 Å². The van der Waals surface area contributed by atoms with Crippen LogP contribution in [0.5, 0.6) is 5.75 Å². The Labute approximate surface area is 114 Å². The first-order valence-electron chi connectivity index (χ1n) is 6.73. The molecule has 0 radical (unpaired) electrons. The summed E-state index contributed by atoms with van der Waals surface area (Å²) in [6.07, 6.45) is 3.89. The van der Waals surface area contributed by atoms with Crippen molar-refractivity contribution in [1.29, 1.82) is 0 Å². The van der Waals surface area contributed by atoms with Gasteiger partial charge in [-0.3, -0.25) is 0 Å². The first-order chi connectivity index (χ1) is 8.65. The summed E-state index contributed by atoms with van der Waals surface area (Å²) in [5.41, 5.74) is 1.51. The summed E-state index contributed by atoms with van der Waals surface area (Å²) in [4.78, 5) is 0. The number of benzene rings is 1. The van der Waals surface area contributed by atoms with E-state index in [0.717, 1.165) is 23.4 Å². The highest BCUT2D eigenvalue weighted by molar-refractivity contribution is 6.30. The zero-order valence-corrected chi connectivity index (χ0v) is 11.8. The predicted octanol–water partition coefficient (Wildman–Crippen LogP) is 3.38. The quantitative estimate of drug-likeness (QED) is 0.881. The minimum absolute atomic E-state index is 0.235. The van der Waals surface area contributed by atoms with Gasteiger partial charge in [-0.15, -0.1) is 0 Å². The molecule has 2 saturated carbocycles. The fraction of sp³-hybridized carbons (Fsp3) is 0.600. The molecule has 2 unspecified atom stereocenters. The highest BCUT2D eigenvalue weighted by Crippen LogP contribution is 2.56. The molecule has 2 fully saturated rings. The van der Waals surface area contributed by atoms with E-state index in [1.165, 1.54) is 24.8 Å². The molecule has 0 bridgehead atoms. The average Bonchev–Trinajstić information content (AvgIpc) is 3.24. The third-order valence-corrected chi connectivity index (χ3v) is 4.67. The third-order valence-electron chi connectivity index (χ3n) is 4.44. The van der Waals surface area contributed by atoms with E-state index in [4.69, 9.17) is 16.3 Å². The van der Waals surface area contributed by atoms with Crippen LogP contribution in [0.25, 0.3) is 0 Å². The zero-order valence-electron chi connectivity index (χ0n) is 11.0. The molecule has 18 heavy (non-hydrogen) atoms. The van der Waals surface area contributed by atoms with Gasteiger partial charge >= 0.3 is 0 Å². The van der Waals surface area contributed by atoms with Crippen molar-refractivity contribution in [2.24, 2.45) is 5.92 Å². The first-order valence-corrected chi connectivity index (χ1v) is 7.11. The Balaban J connectivity index is 1.87. The second-order valence-electron chi connectivity index (χ2n) is 5.76. The molecule has 3 heteroatoms. The number of methoxy groups -OCH3 is 1. The predicted molar refractivity (Wildman–Crippen MR) is 74.5 cm³/mol. The molecule has 0 amide bonds. The van der Waals surface area contributed by atoms with Gasteiger partial charge < -0.3 is 10.1 Å². The van der Waals surface area contributed by atoms with E-state index in [0.29, 0.717) is 5.92 Å². The van der Waals surface area contributed by atoms with Gasteiger partial charge in [0.05, 0.1) is 7.11 Å². The van der Waals surface area contributed by atoms with Crippen molar-refractivity contribution in [3.63, 3.8) is 0 Å². The highest BCUT2D eigenvalue weighted by Gasteiger charge is 2.53. The Morgan fingerprint density at radius 3 is 2.72 bits per heavy atom. The molecule has 0 heterocycles. The first kappa shape index (κ1) is 12.3. The Hall–Kier alpha value is -0.730. The van der Waals surface area contributed by atoms with Crippen LogP contribution in [0.2, 0.25) is 5.02 Å². The van der Waals surface area contributed by atoms with E-state index in [2.05, 4.69) is 18.3 Å². The van der Waals surface area contributed by atoms with Gasteiger partial charge in [0, 0.05) is 28.6 Å².